The summed E-state index contributed by atoms with van der Waals surface area (Å²) in [6.07, 6.45) is 4.95. The Bertz CT molecular complexity index is 1500. The molecule has 0 aromatic heterocycles. The SMILES string of the molecule is CCOc1ccc(N(CC(=O)N(Cc2cccc(Cl)c2)[C@@H](C)C(=O)NC2CCCCC2)S(=O)(=O)c2ccc(F)cc2)cc1. The molecule has 0 bridgehead atoms. The molecule has 1 atom stereocenters. The number of rotatable bonds is 12. The molecule has 230 valence electrons. The second kappa shape index (κ2) is 14.7. The Kier molecular flexibility index (Phi) is 11.0. The fraction of sp³-hybridized carbons (Fsp3) is 0.375. The van der Waals surface area contributed by atoms with Crippen molar-refractivity contribution < 1.29 is 27.1 Å². The number of hydrogen-bond donors (Lipinski definition) is 1. The van der Waals surface area contributed by atoms with Crippen LogP contribution in [0.1, 0.15) is 51.5 Å². The monoisotopic (exact) mass is 629 g/mol. The van der Waals surface area contributed by atoms with E-state index in [1.54, 1.807) is 55.5 Å². The molecule has 0 spiro atoms. The maximum Gasteiger partial charge on any atom is 0.264 e. The van der Waals surface area contributed by atoms with E-state index in [4.69, 9.17) is 16.3 Å². The topological polar surface area (TPSA) is 96.0 Å². The minimum atomic E-state index is -4.32. The van der Waals surface area contributed by atoms with Crippen LogP contribution in [-0.2, 0) is 26.2 Å². The van der Waals surface area contributed by atoms with E-state index in [0.29, 0.717) is 22.9 Å². The van der Waals surface area contributed by atoms with Gasteiger partial charge < -0.3 is 15.0 Å². The lowest BCUT2D eigenvalue weighted by Gasteiger charge is -2.33. The zero-order chi connectivity index (χ0) is 31.0. The molecule has 2 amide bonds. The fourth-order valence-electron chi connectivity index (χ4n) is 5.12. The molecule has 3 aromatic rings. The maximum absolute atomic E-state index is 14.1. The Morgan fingerprint density at radius 3 is 2.33 bits per heavy atom. The van der Waals surface area contributed by atoms with E-state index in [1.165, 1.54) is 4.90 Å². The number of carbonyl (C=O) groups is 2. The fourth-order valence-corrected chi connectivity index (χ4v) is 6.75. The smallest absolute Gasteiger partial charge is 0.264 e. The predicted molar refractivity (Wildman–Crippen MR) is 165 cm³/mol. The molecule has 11 heteroatoms. The van der Waals surface area contributed by atoms with E-state index in [0.717, 1.165) is 60.7 Å². The number of anilines is 1. The van der Waals surface area contributed by atoms with Gasteiger partial charge in [-0.3, -0.25) is 13.9 Å². The number of nitrogens with zero attached hydrogens (tertiary/aromatic N) is 2. The molecule has 0 unspecified atom stereocenters. The number of amides is 2. The van der Waals surface area contributed by atoms with Gasteiger partial charge in [-0.15, -0.1) is 0 Å². The first kappa shape index (κ1) is 32.3. The molecular weight excluding hydrogens is 593 g/mol. The zero-order valence-corrected chi connectivity index (χ0v) is 25.9. The molecular formula is C32H37ClFN3O5S. The summed E-state index contributed by atoms with van der Waals surface area (Å²) in [5, 5.41) is 3.55. The standard InChI is InChI=1S/C32H37ClFN3O5S/c1-3-42-29-16-14-28(15-17-29)37(43(40,41)30-18-12-26(34)13-19-30)22-31(38)36(21-24-8-7-9-25(33)20-24)23(2)32(39)35-27-10-5-4-6-11-27/h7-9,12-20,23,27H,3-6,10-11,21-22H2,1-2H3,(H,35,39)/t23-/m0/s1. The van der Waals surface area contributed by atoms with Gasteiger partial charge in [-0.05, 0) is 92.9 Å². The lowest BCUT2D eigenvalue weighted by atomic mass is 9.95. The molecule has 1 saturated carbocycles. The van der Waals surface area contributed by atoms with Gasteiger partial charge >= 0.3 is 0 Å². The van der Waals surface area contributed by atoms with Crippen molar-refractivity contribution in [2.24, 2.45) is 0 Å². The van der Waals surface area contributed by atoms with Crippen molar-refractivity contribution in [3.8, 4) is 5.75 Å². The lowest BCUT2D eigenvalue weighted by molar-refractivity contribution is -0.139. The van der Waals surface area contributed by atoms with Crippen molar-refractivity contribution in [1.82, 2.24) is 10.2 Å². The molecule has 43 heavy (non-hydrogen) atoms. The third-order valence-electron chi connectivity index (χ3n) is 7.48. The number of nitrogens with one attached hydrogen (secondary N) is 1. The van der Waals surface area contributed by atoms with Crippen molar-refractivity contribution in [2.45, 2.75) is 69.5 Å². The van der Waals surface area contributed by atoms with Gasteiger partial charge in [0.15, 0.2) is 0 Å². The quantitative estimate of drug-likeness (QED) is 0.268. The minimum absolute atomic E-state index is 0.0334. The Morgan fingerprint density at radius 2 is 1.70 bits per heavy atom. The summed E-state index contributed by atoms with van der Waals surface area (Å²) in [4.78, 5) is 28.7. The zero-order valence-electron chi connectivity index (χ0n) is 24.3. The number of sulfonamides is 1. The predicted octanol–water partition coefficient (Wildman–Crippen LogP) is 5.94. The molecule has 1 fully saturated rings. The van der Waals surface area contributed by atoms with Crippen molar-refractivity contribution in [3.05, 3.63) is 89.2 Å². The van der Waals surface area contributed by atoms with Crippen LogP contribution in [0, 0.1) is 5.82 Å². The number of halogens is 2. The van der Waals surface area contributed by atoms with Gasteiger partial charge in [-0.2, -0.15) is 0 Å². The molecule has 0 aliphatic heterocycles. The van der Waals surface area contributed by atoms with Gasteiger partial charge in [0.25, 0.3) is 10.0 Å². The highest BCUT2D eigenvalue weighted by Crippen LogP contribution is 2.27. The summed E-state index contributed by atoms with van der Waals surface area (Å²) >= 11 is 6.21. The summed E-state index contributed by atoms with van der Waals surface area (Å²) in [7, 11) is -4.32. The van der Waals surface area contributed by atoms with Crippen LogP contribution in [0.3, 0.4) is 0 Å². The van der Waals surface area contributed by atoms with Gasteiger partial charge in [-0.1, -0.05) is 43.0 Å². The first-order valence-electron chi connectivity index (χ1n) is 14.4. The van der Waals surface area contributed by atoms with Crippen LogP contribution in [0.25, 0.3) is 0 Å². The highest BCUT2D eigenvalue weighted by atomic mass is 35.5. The average Bonchev–Trinajstić information content (AvgIpc) is 2.99. The van der Waals surface area contributed by atoms with E-state index >= 15 is 0 Å². The van der Waals surface area contributed by atoms with Gasteiger partial charge in [0.1, 0.15) is 24.2 Å². The minimum Gasteiger partial charge on any atom is -0.494 e. The Balaban J connectivity index is 1.68. The van der Waals surface area contributed by atoms with Crippen LogP contribution in [0.2, 0.25) is 5.02 Å². The first-order valence-corrected chi connectivity index (χ1v) is 16.3. The van der Waals surface area contributed by atoms with Crippen LogP contribution >= 0.6 is 11.6 Å². The average molecular weight is 630 g/mol. The summed E-state index contributed by atoms with van der Waals surface area (Å²) in [5.74, 6) is -0.956. The van der Waals surface area contributed by atoms with E-state index in [2.05, 4.69) is 5.32 Å². The van der Waals surface area contributed by atoms with E-state index in [1.807, 2.05) is 6.92 Å². The number of carbonyl (C=O) groups excluding carboxylic acids is 2. The van der Waals surface area contributed by atoms with Crippen molar-refractivity contribution in [3.63, 3.8) is 0 Å². The van der Waals surface area contributed by atoms with Crippen LogP contribution < -0.4 is 14.4 Å². The van der Waals surface area contributed by atoms with Gasteiger partial charge in [-0.25, -0.2) is 12.8 Å². The van der Waals surface area contributed by atoms with E-state index in [-0.39, 0.29) is 29.1 Å². The van der Waals surface area contributed by atoms with Gasteiger partial charge in [0, 0.05) is 17.6 Å². The van der Waals surface area contributed by atoms with Crippen molar-refractivity contribution >= 4 is 39.1 Å². The summed E-state index contributed by atoms with van der Waals surface area (Å²) in [6, 6.07) is 16.8. The molecule has 1 N–H and O–H groups in total. The van der Waals surface area contributed by atoms with Gasteiger partial charge in [0.05, 0.1) is 17.2 Å². The van der Waals surface area contributed by atoms with Crippen molar-refractivity contribution in [1.29, 1.82) is 0 Å². The molecule has 0 heterocycles. The number of benzene rings is 3. The molecule has 8 nitrogen and oxygen atoms in total. The number of hydrogen-bond acceptors (Lipinski definition) is 5. The maximum atomic E-state index is 14.1. The molecule has 3 aromatic carbocycles. The lowest BCUT2D eigenvalue weighted by Crippen LogP contribution is -2.53. The van der Waals surface area contributed by atoms with E-state index < -0.39 is 34.3 Å². The highest BCUT2D eigenvalue weighted by molar-refractivity contribution is 7.92. The summed E-state index contributed by atoms with van der Waals surface area (Å²) in [6.45, 7) is 3.32. The largest absolute Gasteiger partial charge is 0.494 e. The summed E-state index contributed by atoms with van der Waals surface area (Å²) in [5.41, 5.74) is 0.898. The van der Waals surface area contributed by atoms with Crippen molar-refractivity contribution in [2.75, 3.05) is 17.5 Å². The molecule has 1 aliphatic carbocycles. The second-order valence-corrected chi connectivity index (χ2v) is 12.9. The Hall–Kier alpha value is -3.63. The Labute approximate surface area is 257 Å². The second-order valence-electron chi connectivity index (χ2n) is 10.6. The molecule has 0 saturated heterocycles. The third kappa shape index (κ3) is 8.48. The van der Waals surface area contributed by atoms with E-state index in [9.17, 15) is 22.4 Å². The first-order chi connectivity index (χ1) is 20.6. The molecule has 0 radical (unpaired) electrons. The van der Waals surface area contributed by atoms with Crippen LogP contribution in [0.5, 0.6) is 5.75 Å². The van der Waals surface area contributed by atoms with Crippen LogP contribution in [-0.4, -0.2) is 50.4 Å². The van der Waals surface area contributed by atoms with Crippen LogP contribution in [0.4, 0.5) is 10.1 Å². The molecule has 1 aliphatic rings. The number of ether oxygens (including phenoxy) is 1. The van der Waals surface area contributed by atoms with Gasteiger partial charge in [0.2, 0.25) is 11.8 Å². The summed E-state index contributed by atoms with van der Waals surface area (Å²) < 4.78 is 47.9. The Morgan fingerprint density at radius 1 is 1.02 bits per heavy atom. The third-order valence-corrected chi connectivity index (χ3v) is 9.50. The molecule has 4 rings (SSSR count). The highest BCUT2D eigenvalue weighted by Gasteiger charge is 2.33. The normalized spacial score (nSPS) is 14.5. The van der Waals surface area contributed by atoms with Crippen LogP contribution in [0.15, 0.2) is 77.7 Å².